The van der Waals surface area contributed by atoms with Crippen molar-refractivity contribution in [1.29, 1.82) is 0 Å². The fourth-order valence-electron chi connectivity index (χ4n) is 2.74. The van der Waals surface area contributed by atoms with E-state index >= 15 is 0 Å². The Morgan fingerprint density at radius 1 is 1.39 bits per heavy atom. The number of carbonyl (C=O) groups excluding carboxylic acids is 1. The molecule has 3 rings (SSSR count). The Morgan fingerprint density at radius 3 is 2.91 bits per heavy atom. The van der Waals surface area contributed by atoms with Crippen molar-refractivity contribution in [2.75, 3.05) is 18.0 Å². The summed E-state index contributed by atoms with van der Waals surface area (Å²) in [5, 5.41) is 2.94. The van der Waals surface area contributed by atoms with Gasteiger partial charge in [0.2, 0.25) is 0 Å². The van der Waals surface area contributed by atoms with Gasteiger partial charge >= 0.3 is 6.09 Å². The van der Waals surface area contributed by atoms with Gasteiger partial charge in [-0.15, -0.1) is 0 Å². The van der Waals surface area contributed by atoms with Gasteiger partial charge in [0.25, 0.3) is 6.01 Å². The number of oxazole rings is 1. The lowest BCUT2D eigenvalue weighted by Gasteiger charge is -2.32. The van der Waals surface area contributed by atoms with Crippen LogP contribution in [0.2, 0.25) is 0 Å². The topological polar surface area (TPSA) is 67.6 Å². The van der Waals surface area contributed by atoms with E-state index in [0.717, 1.165) is 30.5 Å². The number of para-hydroxylation sites is 2. The zero-order valence-electron chi connectivity index (χ0n) is 13.8. The molecular formula is C17H23N3O3. The SMILES string of the molecule is CC(C)(C)OC(=O)NC1CCCN(c2nc3ccccc3o2)C1. The van der Waals surface area contributed by atoms with Crippen molar-refractivity contribution in [3.8, 4) is 0 Å². The van der Waals surface area contributed by atoms with E-state index in [2.05, 4.69) is 15.2 Å². The van der Waals surface area contributed by atoms with Gasteiger partial charge in [-0.1, -0.05) is 12.1 Å². The second-order valence-electron chi connectivity index (χ2n) is 6.90. The number of nitrogens with zero attached hydrogens (tertiary/aromatic N) is 2. The summed E-state index contributed by atoms with van der Waals surface area (Å²) in [6, 6.07) is 8.36. The molecule has 1 amide bonds. The van der Waals surface area contributed by atoms with Crippen molar-refractivity contribution in [2.45, 2.75) is 45.3 Å². The number of fused-ring (bicyclic) bond motifs is 1. The summed E-state index contributed by atoms with van der Waals surface area (Å²) in [4.78, 5) is 18.5. The molecule has 1 aliphatic rings. The summed E-state index contributed by atoms with van der Waals surface area (Å²) in [7, 11) is 0. The van der Waals surface area contributed by atoms with E-state index in [1.165, 1.54) is 0 Å². The van der Waals surface area contributed by atoms with E-state index in [1.807, 2.05) is 45.0 Å². The van der Waals surface area contributed by atoms with Gasteiger partial charge in [-0.25, -0.2) is 4.79 Å². The molecule has 1 aromatic carbocycles. The van der Waals surface area contributed by atoms with Gasteiger partial charge in [0.05, 0.1) is 0 Å². The number of hydrogen-bond acceptors (Lipinski definition) is 5. The largest absolute Gasteiger partial charge is 0.444 e. The summed E-state index contributed by atoms with van der Waals surface area (Å²) < 4.78 is 11.1. The Hall–Kier alpha value is -2.24. The molecule has 2 heterocycles. The monoisotopic (exact) mass is 317 g/mol. The number of anilines is 1. The van der Waals surface area contributed by atoms with Gasteiger partial charge < -0.3 is 19.4 Å². The third-order valence-electron chi connectivity index (χ3n) is 3.70. The molecule has 1 aromatic heterocycles. The maximum atomic E-state index is 11.9. The highest BCUT2D eigenvalue weighted by molar-refractivity contribution is 5.74. The van der Waals surface area contributed by atoms with Gasteiger partial charge in [0, 0.05) is 19.1 Å². The minimum absolute atomic E-state index is 0.0358. The van der Waals surface area contributed by atoms with E-state index < -0.39 is 5.60 Å². The number of hydrogen-bond donors (Lipinski definition) is 1. The second-order valence-corrected chi connectivity index (χ2v) is 6.90. The van der Waals surface area contributed by atoms with Crippen molar-refractivity contribution in [2.24, 2.45) is 0 Å². The van der Waals surface area contributed by atoms with E-state index in [1.54, 1.807) is 0 Å². The smallest absolute Gasteiger partial charge is 0.407 e. The Kier molecular flexibility index (Phi) is 4.15. The first-order valence-electron chi connectivity index (χ1n) is 8.01. The molecule has 1 unspecified atom stereocenters. The first kappa shape index (κ1) is 15.6. The molecule has 1 N–H and O–H groups in total. The van der Waals surface area contributed by atoms with Crippen molar-refractivity contribution in [3.63, 3.8) is 0 Å². The Bertz CT molecular complexity index is 657. The van der Waals surface area contributed by atoms with Crippen LogP contribution >= 0.6 is 0 Å². The van der Waals surface area contributed by atoms with Crippen molar-refractivity contribution >= 4 is 23.2 Å². The Labute approximate surface area is 135 Å². The third-order valence-corrected chi connectivity index (χ3v) is 3.70. The average molecular weight is 317 g/mol. The zero-order valence-corrected chi connectivity index (χ0v) is 13.8. The number of piperidine rings is 1. The molecule has 1 saturated heterocycles. The summed E-state index contributed by atoms with van der Waals surface area (Å²) in [5.74, 6) is 0. The first-order chi connectivity index (χ1) is 10.9. The molecule has 1 atom stereocenters. The molecule has 0 saturated carbocycles. The van der Waals surface area contributed by atoms with Crippen LogP contribution in [0.15, 0.2) is 28.7 Å². The Morgan fingerprint density at radius 2 is 2.17 bits per heavy atom. The number of rotatable bonds is 2. The van der Waals surface area contributed by atoms with E-state index in [-0.39, 0.29) is 12.1 Å². The number of benzene rings is 1. The number of amides is 1. The highest BCUT2D eigenvalue weighted by atomic mass is 16.6. The summed E-state index contributed by atoms with van der Waals surface area (Å²) >= 11 is 0. The van der Waals surface area contributed by atoms with Crippen molar-refractivity contribution < 1.29 is 13.9 Å². The van der Waals surface area contributed by atoms with Crippen molar-refractivity contribution in [3.05, 3.63) is 24.3 Å². The van der Waals surface area contributed by atoms with Crippen LogP contribution in [0.1, 0.15) is 33.6 Å². The molecule has 1 fully saturated rings. The zero-order chi connectivity index (χ0) is 16.4. The highest BCUT2D eigenvalue weighted by Crippen LogP contribution is 2.24. The maximum absolute atomic E-state index is 11.9. The molecule has 1 aliphatic heterocycles. The summed E-state index contributed by atoms with van der Waals surface area (Å²) in [6.07, 6.45) is 1.52. The van der Waals surface area contributed by atoms with Crippen LogP contribution in [-0.2, 0) is 4.74 Å². The Balaban J connectivity index is 1.65. The molecule has 124 valence electrons. The van der Waals surface area contributed by atoms with Crippen LogP contribution in [0.4, 0.5) is 10.8 Å². The number of nitrogens with one attached hydrogen (secondary N) is 1. The fraction of sp³-hybridized carbons (Fsp3) is 0.529. The molecule has 23 heavy (non-hydrogen) atoms. The predicted octanol–water partition coefficient (Wildman–Crippen LogP) is 3.32. The van der Waals surface area contributed by atoms with Gasteiger partial charge in [0.15, 0.2) is 5.58 Å². The van der Waals surface area contributed by atoms with E-state index in [0.29, 0.717) is 12.6 Å². The third kappa shape index (κ3) is 3.94. The molecule has 0 aliphatic carbocycles. The normalized spacial score (nSPS) is 18.9. The van der Waals surface area contributed by atoms with E-state index in [9.17, 15) is 4.79 Å². The number of alkyl carbamates (subject to hydrolysis) is 1. The number of ether oxygens (including phenoxy) is 1. The number of carbonyl (C=O) groups is 1. The predicted molar refractivity (Wildman–Crippen MR) is 88.6 cm³/mol. The average Bonchev–Trinajstić information content (AvgIpc) is 2.89. The lowest BCUT2D eigenvalue weighted by molar-refractivity contribution is 0.0499. The quantitative estimate of drug-likeness (QED) is 0.920. The highest BCUT2D eigenvalue weighted by Gasteiger charge is 2.26. The molecule has 0 bridgehead atoms. The minimum atomic E-state index is -0.487. The van der Waals surface area contributed by atoms with Gasteiger partial charge in [0.1, 0.15) is 11.1 Å². The van der Waals surface area contributed by atoms with Crippen molar-refractivity contribution in [1.82, 2.24) is 10.3 Å². The molecule has 2 aromatic rings. The second kappa shape index (κ2) is 6.10. The first-order valence-corrected chi connectivity index (χ1v) is 8.01. The minimum Gasteiger partial charge on any atom is -0.444 e. The summed E-state index contributed by atoms with van der Waals surface area (Å²) in [6.45, 7) is 7.12. The summed E-state index contributed by atoms with van der Waals surface area (Å²) in [5.41, 5.74) is 1.15. The van der Waals surface area contributed by atoms with Crippen LogP contribution in [-0.4, -0.2) is 35.8 Å². The lowest BCUT2D eigenvalue weighted by atomic mass is 10.1. The fourth-order valence-corrected chi connectivity index (χ4v) is 2.74. The lowest BCUT2D eigenvalue weighted by Crippen LogP contribution is -2.49. The molecule has 0 radical (unpaired) electrons. The van der Waals surface area contributed by atoms with Crippen LogP contribution in [0.25, 0.3) is 11.1 Å². The molecule has 6 heteroatoms. The van der Waals surface area contributed by atoms with Crippen LogP contribution in [0.3, 0.4) is 0 Å². The molecular weight excluding hydrogens is 294 g/mol. The molecule has 0 spiro atoms. The van der Waals surface area contributed by atoms with E-state index in [4.69, 9.17) is 9.15 Å². The van der Waals surface area contributed by atoms with Gasteiger partial charge in [-0.2, -0.15) is 4.98 Å². The van der Waals surface area contributed by atoms with Gasteiger partial charge in [-0.3, -0.25) is 0 Å². The van der Waals surface area contributed by atoms with Crippen LogP contribution in [0.5, 0.6) is 0 Å². The van der Waals surface area contributed by atoms with Crippen LogP contribution < -0.4 is 10.2 Å². The van der Waals surface area contributed by atoms with Gasteiger partial charge in [-0.05, 0) is 45.7 Å². The maximum Gasteiger partial charge on any atom is 0.407 e. The molecule has 6 nitrogen and oxygen atoms in total. The number of aromatic nitrogens is 1. The van der Waals surface area contributed by atoms with Crippen LogP contribution in [0, 0.1) is 0 Å². The standard InChI is InChI=1S/C17H23N3O3/c1-17(2,3)23-16(21)18-12-7-6-10-20(11-12)15-19-13-8-4-5-9-14(13)22-15/h4-5,8-9,12H,6-7,10-11H2,1-3H3,(H,18,21).